The van der Waals surface area contributed by atoms with Gasteiger partial charge in [-0.25, -0.2) is 4.98 Å². The Labute approximate surface area is 117 Å². The number of benzene rings is 1. The molecule has 0 aliphatic rings. The van der Waals surface area contributed by atoms with Gasteiger partial charge in [-0.15, -0.1) is 11.3 Å². The molecule has 1 aromatic heterocycles. The van der Waals surface area contributed by atoms with Crippen LogP contribution in [0.15, 0.2) is 12.1 Å². The molecule has 0 radical (unpaired) electrons. The number of aryl methyl sites for hydroxylation is 1. The van der Waals surface area contributed by atoms with Crippen LogP contribution < -0.4 is 10.6 Å². The minimum Gasteiger partial charge on any atom is -0.397 e. The van der Waals surface area contributed by atoms with Gasteiger partial charge in [0.05, 0.1) is 38.6 Å². The highest BCUT2D eigenvalue weighted by atomic mass is 32.1. The van der Waals surface area contributed by atoms with Crippen LogP contribution in [0.1, 0.15) is 18.9 Å². The highest BCUT2D eigenvalue weighted by molar-refractivity contribution is 7.18. The van der Waals surface area contributed by atoms with E-state index in [0.29, 0.717) is 6.54 Å². The molecule has 0 spiro atoms. The smallest absolute Gasteiger partial charge is 0.0907 e. The molecule has 2 rings (SSSR count). The Hall–Kier alpha value is -1.80. The lowest BCUT2D eigenvalue weighted by Crippen LogP contribution is -2.28. The number of thiazole rings is 1. The lowest BCUT2D eigenvalue weighted by molar-refractivity contribution is 0.687. The molecule has 5 heteroatoms. The van der Waals surface area contributed by atoms with Crippen LogP contribution in [0.25, 0.3) is 10.2 Å². The van der Waals surface area contributed by atoms with E-state index in [1.54, 1.807) is 11.3 Å². The number of nitrogens with zero attached hydrogens (tertiary/aromatic N) is 3. The van der Waals surface area contributed by atoms with E-state index < -0.39 is 0 Å². The first-order valence-corrected chi connectivity index (χ1v) is 7.18. The van der Waals surface area contributed by atoms with Crippen LogP contribution in [-0.2, 0) is 0 Å². The number of hydrogen-bond donors (Lipinski definition) is 1. The van der Waals surface area contributed by atoms with Gasteiger partial charge < -0.3 is 10.6 Å². The minimum absolute atomic E-state index is 0.0211. The molecule has 0 fully saturated rings. The zero-order chi connectivity index (χ0) is 14.0. The Balaban J connectivity index is 2.41. The number of rotatable bonds is 4. The number of fused-ring (bicyclic) bond motifs is 1. The average molecular weight is 274 g/mol. The van der Waals surface area contributed by atoms with Crippen LogP contribution in [0.4, 0.5) is 11.4 Å². The Morgan fingerprint density at radius 2 is 2.26 bits per heavy atom. The van der Waals surface area contributed by atoms with Crippen molar-refractivity contribution in [1.29, 1.82) is 5.26 Å². The molecule has 1 aromatic carbocycles. The van der Waals surface area contributed by atoms with Gasteiger partial charge in [0.15, 0.2) is 0 Å². The van der Waals surface area contributed by atoms with Gasteiger partial charge in [-0.2, -0.15) is 5.26 Å². The van der Waals surface area contributed by atoms with Crippen LogP contribution >= 0.6 is 11.3 Å². The second-order valence-electron chi connectivity index (χ2n) is 4.68. The Morgan fingerprint density at radius 1 is 1.53 bits per heavy atom. The molecule has 1 atom stereocenters. The van der Waals surface area contributed by atoms with Crippen LogP contribution in [0.2, 0.25) is 0 Å². The van der Waals surface area contributed by atoms with Crippen molar-refractivity contribution in [3.05, 3.63) is 17.1 Å². The largest absolute Gasteiger partial charge is 0.397 e. The van der Waals surface area contributed by atoms with E-state index in [4.69, 9.17) is 11.0 Å². The fraction of sp³-hybridized carbons (Fsp3) is 0.429. The molecule has 2 aromatic rings. The van der Waals surface area contributed by atoms with Gasteiger partial charge in [0.1, 0.15) is 0 Å². The summed E-state index contributed by atoms with van der Waals surface area (Å²) in [6.45, 7) is 7.50. The van der Waals surface area contributed by atoms with Crippen molar-refractivity contribution < 1.29 is 0 Å². The first-order valence-electron chi connectivity index (χ1n) is 6.36. The van der Waals surface area contributed by atoms with Crippen molar-refractivity contribution in [3.63, 3.8) is 0 Å². The van der Waals surface area contributed by atoms with Crippen molar-refractivity contribution >= 4 is 32.9 Å². The zero-order valence-corrected chi connectivity index (χ0v) is 12.3. The number of hydrogen-bond acceptors (Lipinski definition) is 5. The normalized spacial score (nSPS) is 12.3. The third-order valence-corrected chi connectivity index (χ3v) is 4.01. The summed E-state index contributed by atoms with van der Waals surface area (Å²) in [5.41, 5.74) is 8.85. The van der Waals surface area contributed by atoms with Crippen LogP contribution in [0.3, 0.4) is 0 Å². The third-order valence-electron chi connectivity index (χ3n) is 3.08. The standard InChI is InChI=1S/C14H18N4S/c1-4-18(8-9(2)7-15)13-6-12-14(5-11(13)16)19-10(3)17-12/h5-6,9H,4,8,16H2,1-3H3. The van der Waals surface area contributed by atoms with Gasteiger partial charge in [-0.3, -0.25) is 0 Å². The maximum absolute atomic E-state index is 8.95. The predicted molar refractivity (Wildman–Crippen MR) is 81.4 cm³/mol. The Kier molecular flexibility index (Phi) is 3.91. The quantitative estimate of drug-likeness (QED) is 0.870. The summed E-state index contributed by atoms with van der Waals surface area (Å²) in [6, 6.07) is 6.27. The summed E-state index contributed by atoms with van der Waals surface area (Å²) in [6.07, 6.45) is 0. The van der Waals surface area contributed by atoms with Crippen LogP contribution in [0, 0.1) is 24.2 Å². The van der Waals surface area contributed by atoms with Crippen molar-refractivity contribution in [2.45, 2.75) is 20.8 Å². The van der Waals surface area contributed by atoms with E-state index in [1.165, 1.54) is 0 Å². The highest BCUT2D eigenvalue weighted by Gasteiger charge is 2.14. The molecular weight excluding hydrogens is 256 g/mol. The molecule has 0 bridgehead atoms. The minimum atomic E-state index is -0.0211. The third kappa shape index (κ3) is 2.79. The Bertz CT molecular complexity index is 626. The predicted octanol–water partition coefficient (Wildman–Crippen LogP) is 3.17. The fourth-order valence-corrected chi connectivity index (χ4v) is 2.99. The molecule has 0 amide bonds. The lowest BCUT2D eigenvalue weighted by Gasteiger charge is -2.25. The molecule has 0 saturated heterocycles. The number of nitrogens with two attached hydrogens (primary N) is 1. The van der Waals surface area contributed by atoms with Crippen LogP contribution in [0.5, 0.6) is 0 Å². The van der Waals surface area contributed by atoms with Crippen molar-refractivity contribution in [2.75, 3.05) is 23.7 Å². The van der Waals surface area contributed by atoms with Crippen LogP contribution in [-0.4, -0.2) is 18.1 Å². The van der Waals surface area contributed by atoms with Crippen molar-refractivity contribution in [3.8, 4) is 6.07 Å². The van der Waals surface area contributed by atoms with Gasteiger partial charge in [-0.1, -0.05) is 0 Å². The van der Waals surface area contributed by atoms with E-state index >= 15 is 0 Å². The summed E-state index contributed by atoms with van der Waals surface area (Å²) >= 11 is 1.65. The Morgan fingerprint density at radius 3 is 2.89 bits per heavy atom. The summed E-state index contributed by atoms with van der Waals surface area (Å²) in [4.78, 5) is 6.64. The monoisotopic (exact) mass is 274 g/mol. The number of nitriles is 1. The molecule has 100 valence electrons. The number of anilines is 2. The summed E-state index contributed by atoms with van der Waals surface area (Å²) in [5, 5.41) is 9.99. The number of aromatic nitrogens is 1. The molecular formula is C14H18N4S. The molecule has 2 N–H and O–H groups in total. The van der Waals surface area contributed by atoms with Gasteiger partial charge >= 0.3 is 0 Å². The van der Waals surface area contributed by atoms with Crippen molar-refractivity contribution in [2.24, 2.45) is 5.92 Å². The zero-order valence-electron chi connectivity index (χ0n) is 11.5. The lowest BCUT2D eigenvalue weighted by atomic mass is 10.1. The maximum Gasteiger partial charge on any atom is 0.0907 e. The maximum atomic E-state index is 8.95. The van der Waals surface area contributed by atoms with E-state index in [9.17, 15) is 0 Å². The molecule has 4 nitrogen and oxygen atoms in total. The fourth-order valence-electron chi connectivity index (χ4n) is 2.14. The average Bonchev–Trinajstić information content (AvgIpc) is 2.74. The van der Waals surface area contributed by atoms with Crippen molar-refractivity contribution in [1.82, 2.24) is 4.98 Å². The number of nitrogen functional groups attached to an aromatic ring is 1. The van der Waals surface area contributed by atoms with Gasteiger partial charge in [0.25, 0.3) is 0 Å². The molecule has 1 unspecified atom stereocenters. The first kappa shape index (κ1) is 13.6. The molecule has 0 saturated carbocycles. The van der Waals surface area contributed by atoms with E-state index in [1.807, 2.05) is 26.0 Å². The first-order chi connectivity index (χ1) is 9.05. The molecule has 0 aliphatic carbocycles. The highest BCUT2D eigenvalue weighted by Crippen LogP contribution is 2.32. The van der Waals surface area contributed by atoms with E-state index in [0.717, 1.165) is 33.1 Å². The van der Waals surface area contributed by atoms with Gasteiger partial charge in [0.2, 0.25) is 0 Å². The summed E-state index contributed by atoms with van der Waals surface area (Å²) in [5.74, 6) is -0.0211. The topological polar surface area (TPSA) is 65.9 Å². The van der Waals surface area contributed by atoms with Gasteiger partial charge in [-0.05, 0) is 32.9 Å². The second kappa shape index (κ2) is 5.45. The SMILES string of the molecule is CCN(CC(C)C#N)c1cc2nc(C)sc2cc1N. The van der Waals surface area contributed by atoms with Gasteiger partial charge in [0, 0.05) is 13.1 Å². The molecule has 0 aliphatic heterocycles. The molecule has 1 heterocycles. The van der Waals surface area contributed by atoms with E-state index in [2.05, 4.69) is 22.9 Å². The summed E-state index contributed by atoms with van der Waals surface area (Å²) < 4.78 is 1.11. The van der Waals surface area contributed by atoms with E-state index in [-0.39, 0.29) is 5.92 Å². The second-order valence-corrected chi connectivity index (χ2v) is 5.92. The molecule has 19 heavy (non-hydrogen) atoms. The summed E-state index contributed by atoms with van der Waals surface area (Å²) in [7, 11) is 0.